The Morgan fingerprint density at radius 3 is 2.64 bits per heavy atom. The van der Waals surface area contributed by atoms with Crippen molar-refractivity contribution in [2.75, 3.05) is 20.2 Å². The van der Waals surface area contributed by atoms with Gasteiger partial charge in [-0.2, -0.15) is 0 Å². The Morgan fingerprint density at radius 2 is 1.96 bits per heavy atom. The van der Waals surface area contributed by atoms with E-state index < -0.39 is 0 Å². The number of benzene rings is 1. The lowest BCUT2D eigenvalue weighted by Crippen LogP contribution is -2.34. The molecule has 28 heavy (non-hydrogen) atoms. The van der Waals surface area contributed by atoms with Crippen LogP contribution in [0.4, 0.5) is 0 Å². The van der Waals surface area contributed by atoms with Crippen molar-refractivity contribution < 1.29 is 14.6 Å². The molecule has 1 aromatic rings. The van der Waals surface area contributed by atoms with E-state index in [2.05, 4.69) is 11.8 Å². The van der Waals surface area contributed by atoms with E-state index in [1.165, 1.54) is 25.5 Å². The number of hydrogen-bond acceptors (Lipinski definition) is 4. The average Bonchev–Trinajstić information content (AvgIpc) is 3.06. The Bertz CT molecular complexity index is 578. The molecule has 1 saturated heterocycles. The maximum atomic E-state index is 11.5. The number of aliphatic hydroxyl groups excluding tert-OH is 1. The number of likely N-dealkylation sites (tertiary alicyclic amines) is 1. The van der Waals surface area contributed by atoms with Crippen LogP contribution >= 0.6 is 11.6 Å². The van der Waals surface area contributed by atoms with E-state index >= 15 is 0 Å². The molecular formula is C23H36ClNO3. The Kier molecular flexibility index (Phi) is 10.3. The van der Waals surface area contributed by atoms with Crippen molar-refractivity contribution >= 4 is 17.6 Å². The summed E-state index contributed by atoms with van der Waals surface area (Å²) in [6.45, 7) is 4.25. The number of hydrogen-bond donors (Lipinski definition) is 1. The molecule has 2 rings (SSSR count). The van der Waals surface area contributed by atoms with Gasteiger partial charge in [0.25, 0.3) is 0 Å². The lowest BCUT2D eigenvalue weighted by Gasteiger charge is -2.26. The Hall–Kier alpha value is -1.10. The fraction of sp³-hybridized carbons (Fsp3) is 0.696. The molecule has 0 aliphatic carbocycles. The van der Waals surface area contributed by atoms with Crippen molar-refractivity contribution in [2.24, 2.45) is 0 Å². The first-order valence-corrected chi connectivity index (χ1v) is 11.2. The molecule has 1 aromatic carbocycles. The first-order chi connectivity index (χ1) is 13.5. The molecule has 0 bridgehead atoms. The molecule has 4 nitrogen and oxygen atoms in total. The van der Waals surface area contributed by atoms with Crippen molar-refractivity contribution in [3.8, 4) is 0 Å². The number of rotatable bonds is 12. The first-order valence-electron chi connectivity index (χ1n) is 10.8. The van der Waals surface area contributed by atoms with E-state index in [-0.39, 0.29) is 17.5 Å². The van der Waals surface area contributed by atoms with Gasteiger partial charge >= 0.3 is 5.97 Å². The predicted octanol–water partition coefficient (Wildman–Crippen LogP) is 4.81. The second-order valence-electron chi connectivity index (χ2n) is 7.93. The molecule has 1 fully saturated rings. The molecule has 1 heterocycles. The number of carbonyl (C=O) groups is 1. The topological polar surface area (TPSA) is 49.8 Å². The van der Waals surface area contributed by atoms with Gasteiger partial charge in [-0.05, 0) is 69.3 Å². The highest BCUT2D eigenvalue weighted by molar-refractivity contribution is 6.21. The molecule has 0 amide bonds. The maximum Gasteiger partial charge on any atom is 0.337 e. The maximum absolute atomic E-state index is 11.5. The second kappa shape index (κ2) is 12.5. The number of ether oxygens (including phenoxy) is 1. The number of esters is 1. The second-order valence-corrected chi connectivity index (χ2v) is 8.49. The number of carbonyl (C=O) groups excluding carboxylic acids is 1. The van der Waals surface area contributed by atoms with Gasteiger partial charge in [0.15, 0.2) is 0 Å². The zero-order chi connectivity index (χ0) is 20.4. The van der Waals surface area contributed by atoms with Crippen molar-refractivity contribution in [2.45, 2.75) is 82.2 Å². The molecule has 1 aliphatic rings. The van der Waals surface area contributed by atoms with Crippen LogP contribution in [0.2, 0.25) is 0 Å². The number of aliphatic hydroxyl groups is 1. The minimum Gasteiger partial charge on any atom is -0.465 e. The quantitative estimate of drug-likeness (QED) is 0.306. The van der Waals surface area contributed by atoms with Gasteiger partial charge in [-0.15, -0.1) is 11.6 Å². The van der Waals surface area contributed by atoms with E-state index in [0.29, 0.717) is 11.6 Å². The summed E-state index contributed by atoms with van der Waals surface area (Å²) in [7, 11) is 1.40. The lowest BCUT2D eigenvalue weighted by atomic mass is 10.0. The van der Waals surface area contributed by atoms with Crippen LogP contribution in [0.5, 0.6) is 0 Å². The Labute approximate surface area is 175 Å². The first kappa shape index (κ1) is 23.2. The molecule has 5 heteroatoms. The fourth-order valence-electron chi connectivity index (χ4n) is 4.06. The van der Waals surface area contributed by atoms with Crippen LogP contribution in [-0.4, -0.2) is 53.7 Å². The molecule has 0 radical (unpaired) electrons. The summed E-state index contributed by atoms with van der Waals surface area (Å²) in [5.74, 6) is -0.300. The summed E-state index contributed by atoms with van der Waals surface area (Å²) in [6.07, 6.45) is 9.22. The molecule has 158 valence electrons. The Morgan fingerprint density at radius 1 is 1.25 bits per heavy atom. The van der Waals surface area contributed by atoms with Crippen molar-refractivity contribution in [3.63, 3.8) is 0 Å². The summed E-state index contributed by atoms with van der Waals surface area (Å²) in [6, 6.07) is 8.04. The Balaban J connectivity index is 1.75. The van der Waals surface area contributed by atoms with Crippen LogP contribution in [-0.2, 0) is 11.2 Å². The van der Waals surface area contributed by atoms with Crippen LogP contribution in [0, 0.1) is 0 Å². The average molecular weight is 410 g/mol. The van der Waals surface area contributed by atoms with Crippen LogP contribution in [0.25, 0.3) is 0 Å². The monoisotopic (exact) mass is 409 g/mol. The van der Waals surface area contributed by atoms with Crippen LogP contribution in [0.1, 0.15) is 74.2 Å². The van der Waals surface area contributed by atoms with Gasteiger partial charge in [0.1, 0.15) is 0 Å². The van der Waals surface area contributed by atoms with Crippen LogP contribution < -0.4 is 0 Å². The minimum absolute atomic E-state index is 0.160. The number of halogens is 1. The summed E-state index contributed by atoms with van der Waals surface area (Å²) in [5, 5.41) is 10.3. The number of alkyl halides is 1. The smallest absolute Gasteiger partial charge is 0.337 e. The molecule has 0 unspecified atom stereocenters. The van der Waals surface area contributed by atoms with Gasteiger partial charge in [-0.3, -0.25) is 4.90 Å². The standard InChI is InChI=1S/C23H36ClNO3/c1-3-4-5-7-20(26)8-6-16-25-17-15-21(24)22(25)14-11-18-9-12-19(13-10-18)23(27)28-2/h9-10,12-13,20-22,26H,3-8,11,14-17H2,1-2H3/t20-,21-,22+/m1/s1. The lowest BCUT2D eigenvalue weighted by molar-refractivity contribution is 0.0600. The number of nitrogens with zero attached hydrogens (tertiary/aromatic N) is 1. The number of unbranched alkanes of at least 4 members (excludes halogenated alkanes) is 2. The van der Waals surface area contributed by atoms with E-state index in [1.807, 2.05) is 24.3 Å². The van der Waals surface area contributed by atoms with Gasteiger partial charge in [-0.1, -0.05) is 38.3 Å². The van der Waals surface area contributed by atoms with Crippen LogP contribution in [0.3, 0.4) is 0 Å². The normalized spacial score (nSPS) is 21.0. The number of methoxy groups -OCH3 is 1. The molecular weight excluding hydrogens is 374 g/mol. The third-order valence-electron chi connectivity index (χ3n) is 5.81. The molecule has 0 aromatic heterocycles. The third kappa shape index (κ3) is 7.38. The minimum atomic E-state index is -0.300. The SMILES string of the molecule is CCCCC[C@@H](O)CCCN1CC[C@@H](Cl)[C@@H]1CCc1ccc(C(=O)OC)cc1. The summed E-state index contributed by atoms with van der Waals surface area (Å²) in [4.78, 5) is 14.0. The van der Waals surface area contributed by atoms with Crippen molar-refractivity contribution in [3.05, 3.63) is 35.4 Å². The van der Waals surface area contributed by atoms with Crippen LogP contribution in [0.15, 0.2) is 24.3 Å². The van der Waals surface area contributed by atoms with Gasteiger partial charge in [0, 0.05) is 6.04 Å². The highest BCUT2D eigenvalue weighted by atomic mass is 35.5. The van der Waals surface area contributed by atoms with Gasteiger partial charge in [0.2, 0.25) is 0 Å². The summed E-state index contributed by atoms with van der Waals surface area (Å²) < 4.78 is 4.75. The fourth-order valence-corrected chi connectivity index (χ4v) is 4.44. The largest absolute Gasteiger partial charge is 0.465 e. The predicted molar refractivity (Wildman–Crippen MR) is 115 cm³/mol. The third-order valence-corrected chi connectivity index (χ3v) is 6.32. The molecule has 1 aliphatic heterocycles. The van der Waals surface area contributed by atoms with E-state index in [1.54, 1.807) is 0 Å². The van der Waals surface area contributed by atoms with E-state index in [9.17, 15) is 9.90 Å². The molecule has 0 spiro atoms. The van der Waals surface area contributed by atoms with Crippen molar-refractivity contribution in [1.29, 1.82) is 0 Å². The molecule has 3 atom stereocenters. The highest BCUT2D eigenvalue weighted by Crippen LogP contribution is 2.27. The van der Waals surface area contributed by atoms with Gasteiger partial charge < -0.3 is 9.84 Å². The van der Waals surface area contributed by atoms with E-state index in [4.69, 9.17) is 16.3 Å². The van der Waals surface area contributed by atoms with Crippen molar-refractivity contribution in [1.82, 2.24) is 4.90 Å². The van der Waals surface area contributed by atoms with Gasteiger partial charge in [-0.25, -0.2) is 4.79 Å². The van der Waals surface area contributed by atoms with Gasteiger partial charge in [0.05, 0.1) is 24.2 Å². The molecule has 1 N–H and O–H groups in total. The summed E-state index contributed by atoms with van der Waals surface area (Å²) in [5.41, 5.74) is 1.80. The molecule has 0 saturated carbocycles. The van der Waals surface area contributed by atoms with E-state index in [0.717, 1.165) is 58.0 Å². The zero-order valence-electron chi connectivity index (χ0n) is 17.4. The number of aryl methyl sites for hydroxylation is 1. The highest BCUT2D eigenvalue weighted by Gasteiger charge is 2.31. The zero-order valence-corrected chi connectivity index (χ0v) is 18.2. The summed E-state index contributed by atoms with van der Waals surface area (Å²) >= 11 is 6.60.